The van der Waals surface area contributed by atoms with Crippen molar-refractivity contribution < 1.29 is 9.21 Å². The van der Waals surface area contributed by atoms with Gasteiger partial charge < -0.3 is 14.2 Å². The first-order valence-corrected chi connectivity index (χ1v) is 6.54. The molecule has 2 aromatic heterocycles. The molecule has 0 aromatic carbocycles. The average Bonchev–Trinajstić information content (AvgIpc) is 3.04. The van der Waals surface area contributed by atoms with Crippen LogP contribution in [-0.2, 0) is 6.54 Å². The molecule has 0 bridgehead atoms. The monoisotopic (exact) mass is 276 g/mol. The van der Waals surface area contributed by atoms with Crippen molar-refractivity contribution in [2.24, 2.45) is 0 Å². The lowest BCUT2D eigenvalue weighted by Crippen LogP contribution is -2.36. The normalized spacial score (nSPS) is 11.0. The third-order valence-corrected chi connectivity index (χ3v) is 2.99. The van der Waals surface area contributed by atoms with Crippen molar-refractivity contribution in [3.63, 3.8) is 0 Å². The second-order valence-electron chi connectivity index (χ2n) is 5.03. The summed E-state index contributed by atoms with van der Waals surface area (Å²) in [6.07, 6.45) is 3.15. The molecular weight excluding hydrogens is 256 g/mol. The number of aryl methyl sites for hydroxylation is 1. The molecule has 0 spiro atoms. The van der Waals surface area contributed by atoms with Crippen LogP contribution in [0.2, 0.25) is 0 Å². The minimum absolute atomic E-state index is 0.0466. The summed E-state index contributed by atoms with van der Waals surface area (Å²) in [4.78, 5) is 16.2. The molecule has 0 radical (unpaired) electrons. The number of aromatic nitrogens is 2. The van der Waals surface area contributed by atoms with Gasteiger partial charge >= 0.3 is 0 Å². The fraction of sp³-hybridized carbons (Fsp3) is 0.429. The number of aromatic amines is 1. The predicted molar refractivity (Wildman–Crippen MR) is 75.3 cm³/mol. The third-order valence-electron chi connectivity index (χ3n) is 2.99. The Kier molecular flexibility index (Phi) is 4.57. The zero-order valence-corrected chi connectivity index (χ0v) is 12.1. The van der Waals surface area contributed by atoms with Gasteiger partial charge in [0.1, 0.15) is 11.5 Å². The highest BCUT2D eigenvalue weighted by Crippen LogP contribution is 2.12. The number of nitrogens with zero attached hydrogens (tertiary/aromatic N) is 3. The highest BCUT2D eigenvalue weighted by atomic mass is 16.3. The summed E-state index contributed by atoms with van der Waals surface area (Å²) in [5.74, 6) is 1.59. The molecule has 1 N–H and O–H groups in total. The standard InChI is InChI=1S/C14H20N4O2/c1-11-4-5-13(20-11)10-18(7-6-17(2)3)14(19)12-8-15-16-9-12/h4-5,8-9H,6-7,10H2,1-3H3,(H,15,16). The van der Waals surface area contributed by atoms with Gasteiger partial charge in [-0.3, -0.25) is 9.89 Å². The molecule has 2 heterocycles. The van der Waals surface area contributed by atoms with Crippen LogP contribution in [0, 0.1) is 6.92 Å². The van der Waals surface area contributed by atoms with Gasteiger partial charge in [-0.15, -0.1) is 0 Å². The molecule has 108 valence electrons. The molecule has 0 aliphatic heterocycles. The van der Waals surface area contributed by atoms with Crippen molar-refractivity contribution in [2.45, 2.75) is 13.5 Å². The maximum Gasteiger partial charge on any atom is 0.257 e. The number of hydrogen-bond acceptors (Lipinski definition) is 4. The maximum atomic E-state index is 12.4. The van der Waals surface area contributed by atoms with E-state index in [-0.39, 0.29) is 5.91 Å². The first kappa shape index (κ1) is 14.3. The zero-order chi connectivity index (χ0) is 14.5. The van der Waals surface area contributed by atoms with Gasteiger partial charge in [-0.2, -0.15) is 5.10 Å². The molecule has 0 saturated carbocycles. The molecule has 0 unspecified atom stereocenters. The van der Waals surface area contributed by atoms with Gasteiger partial charge in [0.05, 0.1) is 18.3 Å². The van der Waals surface area contributed by atoms with Gasteiger partial charge in [0.25, 0.3) is 5.91 Å². The number of furan rings is 1. The molecule has 0 aliphatic carbocycles. The molecule has 6 heteroatoms. The Morgan fingerprint density at radius 1 is 1.35 bits per heavy atom. The molecule has 0 atom stereocenters. The smallest absolute Gasteiger partial charge is 0.257 e. The molecular formula is C14H20N4O2. The Hall–Kier alpha value is -2.08. The van der Waals surface area contributed by atoms with Gasteiger partial charge in [-0.05, 0) is 33.2 Å². The van der Waals surface area contributed by atoms with E-state index in [1.54, 1.807) is 17.3 Å². The summed E-state index contributed by atoms with van der Waals surface area (Å²) in [6.45, 7) is 3.79. The molecule has 2 aromatic rings. The van der Waals surface area contributed by atoms with Gasteiger partial charge in [-0.1, -0.05) is 0 Å². The maximum absolute atomic E-state index is 12.4. The van der Waals surface area contributed by atoms with Crippen molar-refractivity contribution in [3.05, 3.63) is 41.6 Å². The van der Waals surface area contributed by atoms with Gasteiger partial charge in [0, 0.05) is 19.3 Å². The van der Waals surface area contributed by atoms with Crippen molar-refractivity contribution in [1.29, 1.82) is 0 Å². The summed E-state index contributed by atoms with van der Waals surface area (Å²) in [5, 5.41) is 6.49. The SMILES string of the molecule is Cc1ccc(CN(CCN(C)C)C(=O)c2cn[nH]c2)o1. The van der Waals surface area contributed by atoms with Crippen LogP contribution in [0.5, 0.6) is 0 Å². The zero-order valence-electron chi connectivity index (χ0n) is 12.1. The lowest BCUT2D eigenvalue weighted by molar-refractivity contribution is 0.0719. The molecule has 20 heavy (non-hydrogen) atoms. The number of H-pyrrole nitrogens is 1. The van der Waals surface area contributed by atoms with Crippen LogP contribution in [0.4, 0.5) is 0 Å². The quantitative estimate of drug-likeness (QED) is 0.868. The molecule has 1 amide bonds. The highest BCUT2D eigenvalue weighted by Gasteiger charge is 2.18. The summed E-state index contributed by atoms with van der Waals surface area (Å²) in [7, 11) is 3.97. The van der Waals surface area contributed by atoms with Crippen LogP contribution in [0.25, 0.3) is 0 Å². The first-order valence-electron chi connectivity index (χ1n) is 6.54. The Balaban J connectivity index is 2.09. The van der Waals surface area contributed by atoms with E-state index in [1.165, 1.54) is 0 Å². The van der Waals surface area contributed by atoms with Crippen molar-refractivity contribution in [3.8, 4) is 0 Å². The lowest BCUT2D eigenvalue weighted by atomic mass is 10.3. The van der Waals surface area contributed by atoms with Gasteiger partial charge in [-0.25, -0.2) is 0 Å². The van der Waals surface area contributed by atoms with E-state index in [0.29, 0.717) is 18.7 Å². The molecule has 6 nitrogen and oxygen atoms in total. The second kappa shape index (κ2) is 6.38. The van der Waals surface area contributed by atoms with Crippen molar-refractivity contribution in [1.82, 2.24) is 20.0 Å². The number of rotatable bonds is 6. The van der Waals surface area contributed by atoms with Crippen LogP contribution in [-0.4, -0.2) is 53.1 Å². The number of hydrogen-bond donors (Lipinski definition) is 1. The van der Waals surface area contributed by atoms with E-state index in [9.17, 15) is 4.79 Å². The van der Waals surface area contributed by atoms with Crippen molar-refractivity contribution >= 4 is 5.91 Å². The minimum Gasteiger partial charge on any atom is -0.464 e. The highest BCUT2D eigenvalue weighted by molar-refractivity contribution is 5.93. The minimum atomic E-state index is -0.0466. The number of likely N-dealkylation sites (N-methyl/N-ethyl adjacent to an activating group) is 1. The summed E-state index contributed by atoms with van der Waals surface area (Å²) in [6, 6.07) is 3.81. The number of amides is 1. The Morgan fingerprint density at radius 3 is 2.70 bits per heavy atom. The first-order chi connectivity index (χ1) is 9.56. The number of carbonyl (C=O) groups is 1. The number of nitrogens with one attached hydrogen (secondary N) is 1. The molecule has 2 rings (SSSR count). The third kappa shape index (κ3) is 3.71. The fourth-order valence-corrected chi connectivity index (χ4v) is 1.88. The Morgan fingerprint density at radius 2 is 2.15 bits per heavy atom. The Bertz CT molecular complexity index is 545. The van der Waals surface area contributed by atoms with Crippen LogP contribution < -0.4 is 0 Å². The summed E-state index contributed by atoms with van der Waals surface area (Å²) in [5.41, 5.74) is 0.562. The number of carbonyl (C=O) groups excluding carboxylic acids is 1. The fourth-order valence-electron chi connectivity index (χ4n) is 1.88. The van der Waals surface area contributed by atoms with Gasteiger partial charge in [0.15, 0.2) is 0 Å². The van der Waals surface area contributed by atoms with E-state index in [4.69, 9.17) is 4.42 Å². The predicted octanol–water partition coefficient (Wildman–Crippen LogP) is 1.52. The van der Waals surface area contributed by atoms with Crippen molar-refractivity contribution in [2.75, 3.05) is 27.2 Å². The second-order valence-corrected chi connectivity index (χ2v) is 5.03. The van der Waals surface area contributed by atoms with E-state index in [2.05, 4.69) is 10.2 Å². The summed E-state index contributed by atoms with van der Waals surface area (Å²) < 4.78 is 5.56. The van der Waals surface area contributed by atoms with E-state index < -0.39 is 0 Å². The Labute approximate surface area is 118 Å². The average molecular weight is 276 g/mol. The lowest BCUT2D eigenvalue weighted by Gasteiger charge is -2.23. The van der Waals surface area contributed by atoms with E-state index in [0.717, 1.165) is 18.1 Å². The molecule has 0 aliphatic rings. The van der Waals surface area contributed by atoms with Crippen LogP contribution in [0.15, 0.2) is 28.9 Å². The van der Waals surface area contributed by atoms with Crippen LogP contribution in [0.3, 0.4) is 0 Å². The molecule has 0 fully saturated rings. The van der Waals surface area contributed by atoms with E-state index in [1.807, 2.05) is 38.1 Å². The van der Waals surface area contributed by atoms with Gasteiger partial charge in [0.2, 0.25) is 0 Å². The largest absolute Gasteiger partial charge is 0.464 e. The molecule has 0 saturated heterocycles. The van der Waals surface area contributed by atoms with Crippen LogP contribution in [0.1, 0.15) is 21.9 Å². The summed E-state index contributed by atoms with van der Waals surface area (Å²) >= 11 is 0. The van der Waals surface area contributed by atoms with Crippen LogP contribution >= 0.6 is 0 Å². The topological polar surface area (TPSA) is 65.4 Å². The van der Waals surface area contributed by atoms with E-state index >= 15 is 0 Å².